The molecule has 0 N–H and O–H groups in total. The van der Waals surface area contributed by atoms with E-state index in [2.05, 4.69) is 0 Å². The third kappa shape index (κ3) is 5.85. The van der Waals surface area contributed by atoms with E-state index in [1.807, 2.05) is 30.3 Å². The third-order valence-corrected chi connectivity index (χ3v) is 2.24. The molecule has 1 rings (SSSR count). The number of hydrogen-bond acceptors (Lipinski definition) is 3. The second-order valence-electron chi connectivity index (χ2n) is 4.24. The molecule has 0 fully saturated rings. The number of carbonyl (C=O) groups is 2. The van der Waals surface area contributed by atoms with Crippen LogP contribution in [-0.2, 0) is 20.7 Å². The number of benzene rings is 1. The second-order valence-corrected chi connectivity index (χ2v) is 4.24. The highest BCUT2D eigenvalue weighted by atomic mass is 16.5. The first-order valence-corrected chi connectivity index (χ1v) is 5.83. The van der Waals surface area contributed by atoms with Gasteiger partial charge in [-0.15, -0.1) is 0 Å². The first-order chi connectivity index (χ1) is 8.08. The number of Topliss-reactive ketones (excluding diaryl/α,β-unsaturated/α-hetero) is 1. The van der Waals surface area contributed by atoms with Crippen LogP contribution in [0.2, 0.25) is 0 Å². The fourth-order valence-electron chi connectivity index (χ4n) is 1.48. The number of carbonyl (C=O) groups excluding carboxylic acids is 2. The Morgan fingerprint density at radius 3 is 2.41 bits per heavy atom. The van der Waals surface area contributed by atoms with Crippen molar-refractivity contribution in [3.63, 3.8) is 0 Å². The summed E-state index contributed by atoms with van der Waals surface area (Å²) in [5.41, 5.74) is 1.11. The van der Waals surface area contributed by atoms with Gasteiger partial charge in [0.05, 0.1) is 6.10 Å². The van der Waals surface area contributed by atoms with E-state index < -0.39 is 5.97 Å². The summed E-state index contributed by atoms with van der Waals surface area (Å²) in [4.78, 5) is 22.7. The van der Waals surface area contributed by atoms with Crippen LogP contribution >= 0.6 is 0 Å². The molecule has 0 aliphatic heterocycles. The van der Waals surface area contributed by atoms with Crippen LogP contribution in [0.25, 0.3) is 0 Å². The molecule has 0 saturated carbocycles. The summed E-state index contributed by atoms with van der Waals surface area (Å²) in [5.74, 6) is -0.502. The molecule has 0 bridgehead atoms. The lowest BCUT2D eigenvalue weighted by atomic mass is 10.1. The van der Waals surface area contributed by atoms with Crippen molar-refractivity contribution in [2.75, 3.05) is 0 Å². The number of esters is 1. The summed E-state index contributed by atoms with van der Waals surface area (Å²) >= 11 is 0. The predicted octanol–water partition coefficient (Wildman–Crippen LogP) is 2.53. The Morgan fingerprint density at radius 2 is 1.82 bits per heavy atom. The minimum absolute atomic E-state index is 0.0699. The largest absolute Gasteiger partial charge is 0.463 e. The van der Waals surface area contributed by atoms with Crippen molar-refractivity contribution in [2.45, 2.75) is 39.2 Å². The number of ether oxygens (including phenoxy) is 1. The average molecular weight is 234 g/mol. The van der Waals surface area contributed by atoms with E-state index in [9.17, 15) is 9.59 Å². The second kappa shape index (κ2) is 6.84. The molecule has 0 spiro atoms. The lowest BCUT2D eigenvalue weighted by Crippen LogP contribution is -2.15. The number of aryl methyl sites for hydroxylation is 1. The molecule has 3 heteroatoms. The molecular formula is C14H18O3. The molecule has 0 aliphatic carbocycles. The average Bonchev–Trinajstić information content (AvgIpc) is 2.26. The van der Waals surface area contributed by atoms with E-state index in [0.29, 0.717) is 12.8 Å². The van der Waals surface area contributed by atoms with E-state index in [4.69, 9.17) is 4.74 Å². The van der Waals surface area contributed by atoms with E-state index in [1.165, 1.54) is 0 Å². The van der Waals surface area contributed by atoms with Gasteiger partial charge >= 0.3 is 5.97 Å². The van der Waals surface area contributed by atoms with Gasteiger partial charge in [-0.3, -0.25) is 9.59 Å². The molecule has 17 heavy (non-hydrogen) atoms. The van der Waals surface area contributed by atoms with Gasteiger partial charge in [-0.25, -0.2) is 0 Å². The maximum Gasteiger partial charge on any atom is 0.313 e. The van der Waals surface area contributed by atoms with Gasteiger partial charge in [-0.05, 0) is 25.8 Å². The van der Waals surface area contributed by atoms with Gasteiger partial charge in [0.15, 0.2) is 0 Å². The number of hydrogen-bond donors (Lipinski definition) is 0. The normalized spacial score (nSPS) is 10.3. The van der Waals surface area contributed by atoms with Crippen molar-refractivity contribution in [3.8, 4) is 0 Å². The van der Waals surface area contributed by atoms with E-state index in [1.54, 1.807) is 13.8 Å². The fraction of sp³-hybridized carbons (Fsp3) is 0.429. The Bertz CT molecular complexity index is 368. The summed E-state index contributed by atoms with van der Waals surface area (Å²) in [6.07, 6.45) is 0.779. The zero-order valence-corrected chi connectivity index (χ0v) is 10.3. The summed E-state index contributed by atoms with van der Waals surface area (Å²) in [6, 6.07) is 9.75. The highest BCUT2D eigenvalue weighted by Gasteiger charge is 2.11. The highest BCUT2D eigenvalue weighted by Crippen LogP contribution is 2.05. The molecule has 0 amide bonds. The van der Waals surface area contributed by atoms with Crippen molar-refractivity contribution in [3.05, 3.63) is 35.9 Å². The summed E-state index contributed by atoms with van der Waals surface area (Å²) < 4.78 is 4.91. The first-order valence-electron chi connectivity index (χ1n) is 5.83. The Balaban J connectivity index is 2.28. The lowest BCUT2D eigenvalue weighted by molar-refractivity contribution is -0.149. The monoisotopic (exact) mass is 234 g/mol. The molecule has 0 heterocycles. The van der Waals surface area contributed by atoms with Crippen molar-refractivity contribution in [1.82, 2.24) is 0 Å². The Kier molecular flexibility index (Phi) is 5.40. The Labute approximate surface area is 102 Å². The first kappa shape index (κ1) is 13.4. The van der Waals surface area contributed by atoms with Crippen LogP contribution < -0.4 is 0 Å². The van der Waals surface area contributed by atoms with Crippen molar-refractivity contribution in [2.24, 2.45) is 0 Å². The summed E-state index contributed by atoms with van der Waals surface area (Å²) in [7, 11) is 0. The molecule has 92 valence electrons. The SMILES string of the molecule is CC(C)OC(=O)CC(=O)CCc1ccccc1. The molecule has 0 aromatic heterocycles. The minimum atomic E-state index is -0.432. The van der Waals surface area contributed by atoms with Crippen LogP contribution in [0.4, 0.5) is 0 Å². The zero-order chi connectivity index (χ0) is 12.7. The quantitative estimate of drug-likeness (QED) is 0.561. The molecule has 0 saturated heterocycles. The summed E-state index contributed by atoms with van der Waals surface area (Å²) in [5, 5.41) is 0. The Morgan fingerprint density at radius 1 is 1.18 bits per heavy atom. The van der Waals surface area contributed by atoms with Gasteiger partial charge in [0.25, 0.3) is 0 Å². The standard InChI is InChI=1S/C14H18O3/c1-11(2)17-14(16)10-13(15)9-8-12-6-4-3-5-7-12/h3-7,11H,8-10H2,1-2H3. The highest BCUT2D eigenvalue weighted by molar-refractivity contribution is 5.95. The molecule has 1 aromatic rings. The molecule has 1 aromatic carbocycles. The van der Waals surface area contributed by atoms with Crippen molar-refractivity contribution in [1.29, 1.82) is 0 Å². The van der Waals surface area contributed by atoms with Gasteiger partial charge in [0, 0.05) is 6.42 Å². The van der Waals surface area contributed by atoms with Crippen molar-refractivity contribution >= 4 is 11.8 Å². The molecular weight excluding hydrogens is 216 g/mol. The molecule has 0 aliphatic rings. The zero-order valence-electron chi connectivity index (χ0n) is 10.3. The Hall–Kier alpha value is -1.64. The van der Waals surface area contributed by atoms with Crippen LogP contribution in [0.3, 0.4) is 0 Å². The lowest BCUT2D eigenvalue weighted by Gasteiger charge is -2.07. The van der Waals surface area contributed by atoms with Crippen LogP contribution in [0.15, 0.2) is 30.3 Å². The minimum Gasteiger partial charge on any atom is -0.463 e. The van der Waals surface area contributed by atoms with Gasteiger partial charge in [0.1, 0.15) is 12.2 Å². The van der Waals surface area contributed by atoms with E-state index in [-0.39, 0.29) is 18.3 Å². The smallest absolute Gasteiger partial charge is 0.313 e. The maximum atomic E-state index is 11.5. The maximum absolute atomic E-state index is 11.5. The topological polar surface area (TPSA) is 43.4 Å². The van der Waals surface area contributed by atoms with Crippen molar-refractivity contribution < 1.29 is 14.3 Å². The van der Waals surface area contributed by atoms with E-state index >= 15 is 0 Å². The fourth-order valence-corrected chi connectivity index (χ4v) is 1.48. The molecule has 0 unspecified atom stereocenters. The van der Waals surface area contributed by atoms with Crippen LogP contribution in [0.5, 0.6) is 0 Å². The van der Waals surface area contributed by atoms with Gasteiger partial charge in [0.2, 0.25) is 0 Å². The summed E-state index contributed by atoms with van der Waals surface area (Å²) in [6.45, 7) is 3.54. The van der Waals surface area contributed by atoms with Crippen LogP contribution in [0, 0.1) is 0 Å². The molecule has 0 atom stereocenters. The number of rotatable bonds is 6. The van der Waals surface area contributed by atoms with Crippen LogP contribution in [-0.4, -0.2) is 17.9 Å². The third-order valence-electron chi connectivity index (χ3n) is 2.24. The van der Waals surface area contributed by atoms with Gasteiger partial charge in [-0.2, -0.15) is 0 Å². The van der Waals surface area contributed by atoms with Gasteiger partial charge in [-0.1, -0.05) is 30.3 Å². The van der Waals surface area contributed by atoms with Crippen LogP contribution in [0.1, 0.15) is 32.3 Å². The predicted molar refractivity (Wildman–Crippen MR) is 65.6 cm³/mol. The molecule has 0 radical (unpaired) electrons. The van der Waals surface area contributed by atoms with Gasteiger partial charge < -0.3 is 4.74 Å². The number of ketones is 1. The molecule has 3 nitrogen and oxygen atoms in total. The van der Waals surface area contributed by atoms with E-state index in [0.717, 1.165) is 5.56 Å².